The number of ketones is 1. The third kappa shape index (κ3) is 6.75. The highest BCUT2D eigenvalue weighted by molar-refractivity contribution is 9.10. The van der Waals surface area contributed by atoms with Crippen molar-refractivity contribution in [3.63, 3.8) is 0 Å². The summed E-state index contributed by atoms with van der Waals surface area (Å²) in [7, 11) is 0. The second kappa shape index (κ2) is 12.3. The van der Waals surface area contributed by atoms with Gasteiger partial charge >= 0.3 is 0 Å². The van der Waals surface area contributed by atoms with Crippen molar-refractivity contribution >= 4 is 33.7 Å². The molecular formula is C30H26BrFN4O3. The summed E-state index contributed by atoms with van der Waals surface area (Å²) in [6.45, 7) is 2.50. The van der Waals surface area contributed by atoms with Crippen molar-refractivity contribution in [3.8, 4) is 16.9 Å². The minimum Gasteiger partial charge on any atom is -0.379 e. The summed E-state index contributed by atoms with van der Waals surface area (Å²) in [6.07, 6.45) is 3.44. The monoisotopic (exact) mass is 588 g/mol. The van der Waals surface area contributed by atoms with E-state index in [-0.39, 0.29) is 23.8 Å². The van der Waals surface area contributed by atoms with Gasteiger partial charge in [-0.1, -0.05) is 34.1 Å². The first-order valence-corrected chi connectivity index (χ1v) is 13.3. The fraction of sp³-hybridized carbons (Fsp3) is 0.167. The molecule has 3 aromatic carbocycles. The lowest BCUT2D eigenvalue weighted by molar-refractivity contribution is -0.117. The van der Waals surface area contributed by atoms with E-state index < -0.39 is 5.91 Å². The van der Waals surface area contributed by atoms with Crippen LogP contribution in [0.3, 0.4) is 0 Å². The number of aromatic nitrogens is 2. The summed E-state index contributed by atoms with van der Waals surface area (Å²) >= 11 is 3.38. The molecule has 1 aliphatic rings. The molecule has 0 spiro atoms. The van der Waals surface area contributed by atoms with Crippen molar-refractivity contribution in [1.29, 1.82) is 0 Å². The molecule has 198 valence electrons. The number of hydrogen-bond acceptors (Lipinski definition) is 5. The lowest BCUT2D eigenvalue weighted by Gasteiger charge is -2.26. The molecule has 7 nitrogen and oxygen atoms in total. The van der Waals surface area contributed by atoms with Crippen LogP contribution in [0.15, 0.2) is 95.2 Å². The standard InChI is InChI=1S/C30H26BrFN4O3/c31-24-10-6-22(7-11-24)30(38)33-27(28(37)20-35-14-16-39-17-15-35)18-23-19-36(26-4-2-1-3-5-26)34-29(23)21-8-12-25(32)13-9-21/h1-13,18-19H,14-17,20H2,(H,33,38)/b27-18-. The Balaban J connectivity index is 1.55. The fourth-order valence-corrected chi connectivity index (χ4v) is 4.49. The third-order valence-electron chi connectivity index (χ3n) is 6.31. The Morgan fingerprint density at radius 3 is 2.36 bits per heavy atom. The van der Waals surface area contributed by atoms with Crippen molar-refractivity contribution in [2.24, 2.45) is 0 Å². The van der Waals surface area contributed by atoms with E-state index in [0.717, 1.165) is 10.2 Å². The first-order valence-electron chi connectivity index (χ1n) is 12.5. The highest BCUT2D eigenvalue weighted by Gasteiger charge is 2.21. The van der Waals surface area contributed by atoms with Crippen molar-refractivity contribution in [3.05, 3.63) is 112 Å². The van der Waals surface area contributed by atoms with E-state index in [9.17, 15) is 14.0 Å². The second-order valence-electron chi connectivity index (χ2n) is 9.05. The van der Waals surface area contributed by atoms with E-state index in [1.165, 1.54) is 12.1 Å². The van der Waals surface area contributed by atoms with Gasteiger partial charge in [0.05, 0.1) is 31.1 Å². The molecule has 1 aliphatic heterocycles. The Bertz CT molecular complexity index is 1480. The van der Waals surface area contributed by atoms with Crippen LogP contribution in [0.2, 0.25) is 0 Å². The summed E-state index contributed by atoms with van der Waals surface area (Å²) in [5, 5.41) is 7.58. The number of carbonyl (C=O) groups is 2. The van der Waals surface area contributed by atoms with Crippen LogP contribution in [0.25, 0.3) is 23.0 Å². The number of nitrogens with zero attached hydrogens (tertiary/aromatic N) is 3. The molecule has 0 unspecified atom stereocenters. The van der Waals surface area contributed by atoms with Gasteiger partial charge in [0.15, 0.2) is 5.78 Å². The zero-order chi connectivity index (χ0) is 27.2. The number of rotatable bonds is 8. The van der Waals surface area contributed by atoms with E-state index in [2.05, 4.69) is 21.2 Å². The van der Waals surface area contributed by atoms with Crippen LogP contribution in [0.1, 0.15) is 15.9 Å². The maximum atomic E-state index is 13.7. The number of Topliss-reactive ketones (excluding diaryl/α,β-unsaturated/α-hetero) is 1. The molecular weight excluding hydrogens is 563 g/mol. The van der Waals surface area contributed by atoms with Crippen LogP contribution in [0, 0.1) is 5.82 Å². The van der Waals surface area contributed by atoms with Gasteiger partial charge in [-0.15, -0.1) is 0 Å². The molecule has 0 atom stereocenters. The fourth-order valence-electron chi connectivity index (χ4n) is 4.22. The van der Waals surface area contributed by atoms with Crippen LogP contribution in [0.5, 0.6) is 0 Å². The van der Waals surface area contributed by atoms with Crippen LogP contribution in [-0.4, -0.2) is 59.2 Å². The quantitative estimate of drug-likeness (QED) is 0.289. The zero-order valence-electron chi connectivity index (χ0n) is 21.0. The van der Waals surface area contributed by atoms with Gasteiger partial charge < -0.3 is 10.1 Å². The molecule has 2 heterocycles. The van der Waals surface area contributed by atoms with Gasteiger partial charge in [-0.05, 0) is 66.7 Å². The minimum atomic E-state index is -0.400. The summed E-state index contributed by atoms with van der Waals surface area (Å²) in [5.74, 6) is -0.996. The lowest BCUT2D eigenvalue weighted by Crippen LogP contribution is -2.41. The molecule has 4 aromatic rings. The molecule has 39 heavy (non-hydrogen) atoms. The maximum absolute atomic E-state index is 13.7. The van der Waals surface area contributed by atoms with Crippen molar-refractivity contribution < 1.29 is 18.7 Å². The van der Waals surface area contributed by atoms with Gasteiger partial charge in [0.1, 0.15) is 11.5 Å². The van der Waals surface area contributed by atoms with Crippen molar-refractivity contribution in [2.45, 2.75) is 0 Å². The second-order valence-corrected chi connectivity index (χ2v) is 9.97. The predicted molar refractivity (Wildman–Crippen MR) is 151 cm³/mol. The number of ether oxygens (including phenoxy) is 1. The number of morpholine rings is 1. The average molecular weight is 589 g/mol. The Morgan fingerprint density at radius 1 is 0.974 bits per heavy atom. The number of carbonyl (C=O) groups excluding carboxylic acids is 2. The Morgan fingerprint density at radius 2 is 1.67 bits per heavy atom. The SMILES string of the molecule is O=C(CN1CCOCC1)/C(=C/c1cn(-c2ccccc2)nc1-c1ccc(F)cc1)NC(=O)c1ccc(Br)cc1. The van der Waals surface area contributed by atoms with Crippen LogP contribution in [-0.2, 0) is 9.53 Å². The third-order valence-corrected chi connectivity index (χ3v) is 6.84. The van der Waals surface area contributed by atoms with Gasteiger partial charge in [-0.3, -0.25) is 14.5 Å². The maximum Gasteiger partial charge on any atom is 0.255 e. The van der Waals surface area contributed by atoms with Crippen LogP contribution in [0.4, 0.5) is 4.39 Å². The molecule has 1 aromatic heterocycles. The largest absolute Gasteiger partial charge is 0.379 e. The van der Waals surface area contributed by atoms with Gasteiger partial charge in [0, 0.05) is 40.4 Å². The smallest absolute Gasteiger partial charge is 0.255 e. The first kappa shape index (κ1) is 26.7. The lowest BCUT2D eigenvalue weighted by atomic mass is 10.1. The van der Waals surface area contributed by atoms with E-state index in [4.69, 9.17) is 9.84 Å². The topological polar surface area (TPSA) is 76.5 Å². The average Bonchev–Trinajstić information content (AvgIpc) is 3.38. The molecule has 9 heteroatoms. The summed E-state index contributed by atoms with van der Waals surface area (Å²) in [5.41, 5.74) is 3.21. The number of para-hydroxylation sites is 1. The van der Waals surface area contributed by atoms with Crippen LogP contribution < -0.4 is 5.32 Å². The number of halogens is 2. The van der Waals surface area contributed by atoms with Gasteiger partial charge in [0.2, 0.25) is 0 Å². The number of amides is 1. The van der Waals surface area contributed by atoms with Crippen LogP contribution >= 0.6 is 15.9 Å². The van der Waals surface area contributed by atoms with Gasteiger partial charge in [-0.2, -0.15) is 5.10 Å². The van der Waals surface area contributed by atoms with E-state index >= 15 is 0 Å². The first-order chi connectivity index (χ1) is 19.0. The predicted octanol–water partition coefficient (Wildman–Crippen LogP) is 5.11. The Hall–Kier alpha value is -3.92. The summed E-state index contributed by atoms with van der Waals surface area (Å²) < 4.78 is 21.6. The molecule has 0 bridgehead atoms. The molecule has 1 saturated heterocycles. The molecule has 5 rings (SSSR count). The molecule has 0 aliphatic carbocycles. The molecule has 1 amide bonds. The number of nitrogens with one attached hydrogen (secondary N) is 1. The van der Waals surface area contributed by atoms with Crippen molar-refractivity contribution in [2.75, 3.05) is 32.8 Å². The molecule has 0 saturated carbocycles. The Labute approximate surface area is 234 Å². The molecule has 0 radical (unpaired) electrons. The van der Waals surface area contributed by atoms with E-state index in [1.54, 1.807) is 53.4 Å². The summed E-state index contributed by atoms with van der Waals surface area (Å²) in [6, 6.07) is 22.4. The van der Waals surface area contributed by atoms with Crippen molar-refractivity contribution in [1.82, 2.24) is 20.0 Å². The van der Waals surface area contributed by atoms with E-state index in [1.807, 2.05) is 35.2 Å². The number of benzene rings is 3. The van der Waals surface area contributed by atoms with Gasteiger partial charge in [0.25, 0.3) is 5.91 Å². The van der Waals surface area contributed by atoms with Gasteiger partial charge in [-0.25, -0.2) is 9.07 Å². The minimum absolute atomic E-state index is 0.133. The Kier molecular flexibility index (Phi) is 8.41. The zero-order valence-corrected chi connectivity index (χ0v) is 22.6. The highest BCUT2D eigenvalue weighted by atomic mass is 79.9. The van der Waals surface area contributed by atoms with E-state index in [0.29, 0.717) is 48.7 Å². The highest BCUT2D eigenvalue weighted by Crippen LogP contribution is 2.26. The molecule has 1 fully saturated rings. The molecule has 1 N–H and O–H groups in total. The number of hydrogen-bond donors (Lipinski definition) is 1. The summed E-state index contributed by atoms with van der Waals surface area (Å²) in [4.78, 5) is 28.7. The normalized spacial score (nSPS) is 14.3.